The van der Waals surface area contributed by atoms with E-state index in [4.69, 9.17) is 4.98 Å². The van der Waals surface area contributed by atoms with E-state index in [2.05, 4.69) is 40.9 Å². The van der Waals surface area contributed by atoms with Crippen LogP contribution in [0.1, 0.15) is 0 Å². The third-order valence-electron chi connectivity index (χ3n) is 4.20. The lowest BCUT2D eigenvalue weighted by Gasteiger charge is -2.28. The lowest BCUT2D eigenvalue weighted by atomic mass is 10.2. The van der Waals surface area contributed by atoms with E-state index in [1.165, 1.54) is 6.33 Å². The standard InChI is InChI=1S/C14H14N10/c1-2-10-11(7-9(1)12-16-8-17-19-12)24-14(20-21-22-24)13(18-10)23-5-3-15-4-6-23/h1-2,7-8,15H,3-6H2,(H,16,17,19). The van der Waals surface area contributed by atoms with E-state index < -0.39 is 0 Å². The first-order chi connectivity index (χ1) is 11.9. The Labute approximate surface area is 135 Å². The fraction of sp³-hybridized carbons (Fsp3) is 0.286. The van der Waals surface area contributed by atoms with Crippen molar-refractivity contribution >= 4 is 22.5 Å². The summed E-state index contributed by atoms with van der Waals surface area (Å²) in [5.74, 6) is 1.52. The van der Waals surface area contributed by atoms with Gasteiger partial charge in [-0.25, -0.2) is 9.97 Å². The Bertz CT molecular complexity index is 999. The van der Waals surface area contributed by atoms with Crippen molar-refractivity contribution in [3.05, 3.63) is 24.5 Å². The number of H-pyrrole nitrogens is 1. The maximum atomic E-state index is 4.81. The molecule has 1 fully saturated rings. The van der Waals surface area contributed by atoms with Crippen LogP contribution < -0.4 is 10.2 Å². The first kappa shape index (κ1) is 13.3. The molecular formula is C14H14N10. The predicted octanol–water partition coefficient (Wildman–Crippen LogP) is -0.133. The van der Waals surface area contributed by atoms with Gasteiger partial charge in [-0.1, -0.05) is 0 Å². The number of aromatic amines is 1. The SMILES string of the molecule is c1n[nH]c(-c2ccc3nc(N4CCNCC4)c4nnnn4c3c2)n1. The Kier molecular flexibility index (Phi) is 2.88. The lowest BCUT2D eigenvalue weighted by molar-refractivity contribution is 0.586. The highest BCUT2D eigenvalue weighted by molar-refractivity contribution is 5.85. The predicted molar refractivity (Wildman–Crippen MR) is 86.5 cm³/mol. The maximum Gasteiger partial charge on any atom is 0.222 e. The summed E-state index contributed by atoms with van der Waals surface area (Å²) >= 11 is 0. The van der Waals surface area contributed by atoms with Crippen LogP contribution in [0.15, 0.2) is 24.5 Å². The van der Waals surface area contributed by atoms with Crippen molar-refractivity contribution in [3.8, 4) is 11.4 Å². The summed E-state index contributed by atoms with van der Waals surface area (Å²) < 4.78 is 1.74. The summed E-state index contributed by atoms with van der Waals surface area (Å²) in [4.78, 5) is 11.2. The van der Waals surface area contributed by atoms with Gasteiger partial charge in [-0.3, -0.25) is 5.10 Å². The number of rotatable bonds is 2. The molecule has 1 aliphatic rings. The molecule has 5 rings (SSSR count). The fourth-order valence-corrected chi connectivity index (χ4v) is 3.02. The number of tetrazole rings is 1. The number of nitrogens with zero attached hydrogens (tertiary/aromatic N) is 8. The number of fused-ring (bicyclic) bond motifs is 3. The Morgan fingerprint density at radius 2 is 2.04 bits per heavy atom. The summed E-state index contributed by atoms with van der Waals surface area (Å²) in [7, 11) is 0. The van der Waals surface area contributed by atoms with Crippen LogP contribution in [0.2, 0.25) is 0 Å². The third-order valence-corrected chi connectivity index (χ3v) is 4.20. The smallest absolute Gasteiger partial charge is 0.222 e. The summed E-state index contributed by atoms with van der Waals surface area (Å²) in [6, 6.07) is 5.89. The fourth-order valence-electron chi connectivity index (χ4n) is 3.02. The monoisotopic (exact) mass is 322 g/mol. The minimum absolute atomic E-state index is 0.666. The van der Waals surface area contributed by atoms with E-state index in [0.717, 1.165) is 48.6 Å². The van der Waals surface area contributed by atoms with Gasteiger partial charge in [0.1, 0.15) is 6.33 Å². The zero-order valence-electron chi connectivity index (χ0n) is 12.7. The average molecular weight is 322 g/mol. The van der Waals surface area contributed by atoms with Crippen molar-refractivity contribution in [3.63, 3.8) is 0 Å². The highest BCUT2D eigenvalue weighted by Crippen LogP contribution is 2.25. The molecular weight excluding hydrogens is 308 g/mol. The summed E-state index contributed by atoms with van der Waals surface area (Å²) in [6.45, 7) is 3.63. The number of nitrogens with one attached hydrogen (secondary N) is 2. The number of aromatic nitrogens is 8. The molecule has 120 valence electrons. The second kappa shape index (κ2) is 5.20. The molecule has 0 saturated carbocycles. The van der Waals surface area contributed by atoms with Crippen LogP contribution in [-0.4, -0.2) is 66.4 Å². The van der Waals surface area contributed by atoms with E-state index >= 15 is 0 Å². The normalized spacial score (nSPS) is 15.4. The van der Waals surface area contributed by atoms with Crippen LogP contribution in [0.3, 0.4) is 0 Å². The van der Waals surface area contributed by atoms with Gasteiger partial charge in [-0.15, -0.1) is 5.10 Å². The van der Waals surface area contributed by atoms with E-state index in [1.807, 2.05) is 18.2 Å². The van der Waals surface area contributed by atoms with Crippen LogP contribution >= 0.6 is 0 Å². The number of hydrogen-bond acceptors (Lipinski definition) is 8. The van der Waals surface area contributed by atoms with Crippen molar-refractivity contribution in [1.29, 1.82) is 0 Å². The first-order valence-electron chi connectivity index (χ1n) is 7.73. The Morgan fingerprint density at radius 1 is 1.12 bits per heavy atom. The van der Waals surface area contributed by atoms with Gasteiger partial charge in [0.25, 0.3) is 0 Å². The molecule has 0 unspecified atom stereocenters. The van der Waals surface area contributed by atoms with Gasteiger partial charge in [-0.2, -0.15) is 9.61 Å². The van der Waals surface area contributed by atoms with Gasteiger partial charge in [0.15, 0.2) is 11.6 Å². The van der Waals surface area contributed by atoms with E-state index in [-0.39, 0.29) is 0 Å². The van der Waals surface area contributed by atoms with E-state index in [9.17, 15) is 0 Å². The average Bonchev–Trinajstić information content (AvgIpc) is 3.33. The maximum absolute atomic E-state index is 4.81. The highest BCUT2D eigenvalue weighted by Gasteiger charge is 2.19. The van der Waals surface area contributed by atoms with Gasteiger partial charge in [0.05, 0.1) is 11.0 Å². The lowest BCUT2D eigenvalue weighted by Crippen LogP contribution is -2.44. The molecule has 1 aromatic carbocycles. The topological polar surface area (TPSA) is 113 Å². The summed E-state index contributed by atoms with van der Waals surface area (Å²) in [5, 5.41) is 22.3. The van der Waals surface area contributed by atoms with Crippen LogP contribution in [-0.2, 0) is 0 Å². The zero-order valence-corrected chi connectivity index (χ0v) is 12.7. The minimum atomic E-state index is 0.666. The molecule has 10 nitrogen and oxygen atoms in total. The molecule has 3 aromatic heterocycles. The molecule has 0 amide bonds. The van der Waals surface area contributed by atoms with Crippen molar-refractivity contribution in [2.75, 3.05) is 31.1 Å². The second-order valence-corrected chi connectivity index (χ2v) is 5.62. The molecule has 10 heteroatoms. The summed E-state index contributed by atoms with van der Waals surface area (Å²) in [6.07, 6.45) is 1.48. The van der Waals surface area contributed by atoms with Crippen molar-refractivity contribution in [1.82, 2.24) is 45.5 Å². The molecule has 0 aliphatic carbocycles. The number of hydrogen-bond donors (Lipinski definition) is 2. The van der Waals surface area contributed by atoms with Crippen molar-refractivity contribution in [2.24, 2.45) is 0 Å². The number of anilines is 1. The van der Waals surface area contributed by atoms with Crippen LogP contribution in [0.5, 0.6) is 0 Å². The zero-order chi connectivity index (χ0) is 15.9. The van der Waals surface area contributed by atoms with E-state index in [1.54, 1.807) is 4.52 Å². The molecule has 0 spiro atoms. The summed E-state index contributed by atoms with van der Waals surface area (Å²) in [5.41, 5.74) is 3.25. The molecule has 1 saturated heterocycles. The highest BCUT2D eigenvalue weighted by atomic mass is 15.5. The quantitative estimate of drug-likeness (QED) is 0.525. The molecule has 0 atom stereocenters. The van der Waals surface area contributed by atoms with Gasteiger partial charge >= 0.3 is 0 Å². The largest absolute Gasteiger partial charge is 0.351 e. The number of benzene rings is 1. The van der Waals surface area contributed by atoms with Gasteiger partial charge in [0, 0.05) is 31.7 Å². The Balaban J connectivity index is 1.72. The molecule has 0 radical (unpaired) electrons. The molecule has 4 aromatic rings. The van der Waals surface area contributed by atoms with Crippen LogP contribution in [0, 0.1) is 0 Å². The van der Waals surface area contributed by atoms with E-state index in [0.29, 0.717) is 11.5 Å². The Morgan fingerprint density at radius 3 is 2.88 bits per heavy atom. The van der Waals surface area contributed by atoms with Crippen LogP contribution in [0.25, 0.3) is 28.1 Å². The second-order valence-electron chi connectivity index (χ2n) is 5.62. The molecule has 1 aliphatic heterocycles. The molecule has 4 heterocycles. The third kappa shape index (κ3) is 2.00. The number of piperazine rings is 1. The molecule has 2 N–H and O–H groups in total. The molecule has 24 heavy (non-hydrogen) atoms. The van der Waals surface area contributed by atoms with Crippen molar-refractivity contribution < 1.29 is 0 Å². The van der Waals surface area contributed by atoms with Gasteiger partial charge in [-0.05, 0) is 28.6 Å². The van der Waals surface area contributed by atoms with Crippen molar-refractivity contribution in [2.45, 2.75) is 0 Å². The van der Waals surface area contributed by atoms with Gasteiger partial charge in [0.2, 0.25) is 5.65 Å². The first-order valence-corrected chi connectivity index (χ1v) is 7.73. The minimum Gasteiger partial charge on any atom is -0.351 e. The van der Waals surface area contributed by atoms with Gasteiger partial charge < -0.3 is 10.2 Å². The molecule has 0 bridgehead atoms. The Hall–Kier alpha value is -3.14. The van der Waals surface area contributed by atoms with Crippen LogP contribution in [0.4, 0.5) is 5.82 Å².